The lowest BCUT2D eigenvalue weighted by Crippen LogP contribution is -2.19. The average molecular weight is 774 g/mol. The van der Waals surface area contributed by atoms with Crippen LogP contribution in [0.25, 0.3) is 0 Å². The molecule has 274 valence electrons. The van der Waals surface area contributed by atoms with Crippen LogP contribution in [0.2, 0.25) is 8.67 Å². The van der Waals surface area contributed by atoms with E-state index >= 15 is 0 Å². The fraction of sp³-hybridized carbons (Fsp3) is 0.486. The van der Waals surface area contributed by atoms with E-state index in [0.29, 0.717) is 94.4 Å². The summed E-state index contributed by atoms with van der Waals surface area (Å²) in [5, 5.41) is 16.1. The Kier molecular flexibility index (Phi) is 14.7. The highest BCUT2D eigenvalue weighted by molar-refractivity contribution is 7.18. The SMILES string of the molecule is C.CC[C@H]1C[C@@H](Nc2ncncc2C(=O)c2cc(C=O)c(Cl)s2)C[C@@H]1C.CC[C@H]1C[C@@H](Nc2ncncc2C(=O)c2cc(CO)c(Cl)s2)C[C@@H]1C. The average Bonchev–Trinajstić information content (AvgIpc) is 3.89. The molecule has 14 heteroatoms. The van der Waals surface area contributed by atoms with Crippen molar-refractivity contribution < 1.29 is 19.5 Å². The van der Waals surface area contributed by atoms with Crippen molar-refractivity contribution in [3.8, 4) is 0 Å². The van der Waals surface area contributed by atoms with E-state index in [4.69, 9.17) is 23.2 Å². The van der Waals surface area contributed by atoms with Crippen LogP contribution in [0.4, 0.5) is 11.6 Å². The van der Waals surface area contributed by atoms with Gasteiger partial charge in [-0.05, 0) is 61.5 Å². The Morgan fingerprint density at radius 1 is 0.824 bits per heavy atom. The Hall–Kier alpha value is -3.29. The molecule has 2 fully saturated rings. The number of hydrogen-bond donors (Lipinski definition) is 3. The van der Waals surface area contributed by atoms with Gasteiger partial charge in [0.15, 0.2) is 6.29 Å². The number of aliphatic hydroxyl groups excluding tert-OH is 1. The first-order chi connectivity index (χ1) is 24.1. The number of carbonyl (C=O) groups is 3. The topological polar surface area (TPSA) is 147 Å². The lowest BCUT2D eigenvalue weighted by molar-refractivity contribution is 0.103. The van der Waals surface area contributed by atoms with Gasteiger partial charge in [0.1, 0.15) is 28.6 Å². The van der Waals surface area contributed by atoms with Crippen LogP contribution in [-0.2, 0) is 6.61 Å². The van der Waals surface area contributed by atoms with Crippen molar-refractivity contribution in [2.24, 2.45) is 23.7 Å². The maximum atomic E-state index is 12.9. The molecule has 4 aromatic rings. The van der Waals surface area contributed by atoms with Crippen molar-refractivity contribution in [1.29, 1.82) is 0 Å². The van der Waals surface area contributed by atoms with Gasteiger partial charge in [0.2, 0.25) is 11.6 Å². The molecular formula is C37H46Cl2N6O4S2. The number of nitrogens with one attached hydrogen (secondary N) is 2. The molecule has 0 unspecified atom stereocenters. The number of hydrogen-bond acceptors (Lipinski definition) is 12. The molecule has 51 heavy (non-hydrogen) atoms. The highest BCUT2D eigenvalue weighted by Crippen LogP contribution is 2.38. The quantitative estimate of drug-likeness (QED) is 0.0940. The number of ketones is 2. The standard InChI is InChI=1S/C18H22ClN3O2S.C18H20ClN3O2S.CH4/c2*1-3-11-5-13(4-10(11)2)22-18-14(7-20-9-21-18)16(24)15-6-12(8-23)17(19)25-15;/h6-7,9-11,13,23H,3-5,8H2,1-2H3,(H,20,21,22);6-11,13H,3-5H2,1-2H3,(H,20,21,22);1H4/t2*10-,11-,13-;/m00./s1. The molecule has 6 rings (SSSR count). The molecule has 0 aromatic carbocycles. The molecule has 0 amide bonds. The molecule has 10 nitrogen and oxygen atoms in total. The summed E-state index contributed by atoms with van der Waals surface area (Å²) < 4.78 is 0.757. The summed E-state index contributed by atoms with van der Waals surface area (Å²) in [4.78, 5) is 54.1. The third kappa shape index (κ3) is 9.58. The molecule has 4 heterocycles. The van der Waals surface area contributed by atoms with Crippen LogP contribution >= 0.6 is 45.9 Å². The largest absolute Gasteiger partial charge is 0.392 e. The third-order valence-corrected chi connectivity index (χ3v) is 12.8. The fourth-order valence-corrected chi connectivity index (χ4v) is 9.49. The van der Waals surface area contributed by atoms with E-state index in [1.807, 2.05) is 0 Å². The van der Waals surface area contributed by atoms with Crippen LogP contribution in [0.3, 0.4) is 0 Å². The minimum Gasteiger partial charge on any atom is -0.392 e. The van der Waals surface area contributed by atoms with Gasteiger partial charge in [-0.1, -0.05) is 71.2 Å². The lowest BCUT2D eigenvalue weighted by atomic mass is 9.96. The first-order valence-electron chi connectivity index (χ1n) is 16.9. The van der Waals surface area contributed by atoms with Gasteiger partial charge in [-0.2, -0.15) is 0 Å². The molecular weight excluding hydrogens is 727 g/mol. The number of aldehydes is 1. The zero-order chi connectivity index (χ0) is 35.9. The normalized spacial score (nSPS) is 22.4. The molecule has 0 aliphatic heterocycles. The van der Waals surface area contributed by atoms with Gasteiger partial charge < -0.3 is 15.7 Å². The zero-order valence-corrected chi connectivity index (χ0v) is 31.6. The van der Waals surface area contributed by atoms with Crippen LogP contribution in [0.5, 0.6) is 0 Å². The second kappa shape index (κ2) is 18.5. The van der Waals surface area contributed by atoms with Gasteiger partial charge in [-0.15, -0.1) is 22.7 Å². The Morgan fingerprint density at radius 2 is 1.29 bits per heavy atom. The lowest BCUT2D eigenvalue weighted by Gasteiger charge is -2.15. The zero-order valence-electron chi connectivity index (χ0n) is 28.5. The van der Waals surface area contributed by atoms with Crippen LogP contribution in [-0.4, -0.2) is 55.0 Å². The first-order valence-corrected chi connectivity index (χ1v) is 19.3. The van der Waals surface area contributed by atoms with Crippen LogP contribution in [0.1, 0.15) is 120 Å². The summed E-state index contributed by atoms with van der Waals surface area (Å²) in [5.74, 6) is 3.47. The van der Waals surface area contributed by atoms with Crippen molar-refractivity contribution in [3.63, 3.8) is 0 Å². The molecule has 6 atom stereocenters. The van der Waals surface area contributed by atoms with Crippen molar-refractivity contribution in [2.45, 2.75) is 92.3 Å². The van der Waals surface area contributed by atoms with Gasteiger partial charge in [0.05, 0.1) is 31.8 Å². The summed E-state index contributed by atoms with van der Waals surface area (Å²) in [6, 6.07) is 3.78. The number of aromatic nitrogens is 4. The number of thiophene rings is 2. The molecule has 0 spiro atoms. The molecule has 0 bridgehead atoms. The predicted molar refractivity (Wildman–Crippen MR) is 207 cm³/mol. The Labute approximate surface area is 317 Å². The van der Waals surface area contributed by atoms with Crippen molar-refractivity contribution in [2.75, 3.05) is 10.6 Å². The van der Waals surface area contributed by atoms with E-state index in [0.717, 1.165) is 43.4 Å². The number of carbonyl (C=O) groups excluding carboxylic acids is 3. The Balaban J connectivity index is 0.000000224. The fourth-order valence-electron chi connectivity index (χ4n) is 7.12. The molecule has 4 aromatic heterocycles. The van der Waals surface area contributed by atoms with Gasteiger partial charge in [-0.25, -0.2) is 19.9 Å². The molecule has 3 N–H and O–H groups in total. The van der Waals surface area contributed by atoms with Crippen molar-refractivity contribution in [1.82, 2.24) is 19.9 Å². The van der Waals surface area contributed by atoms with E-state index in [1.165, 1.54) is 42.7 Å². The summed E-state index contributed by atoms with van der Waals surface area (Å²) in [5.41, 5.74) is 1.75. The minimum atomic E-state index is -0.221. The maximum Gasteiger partial charge on any atom is 0.208 e. The smallest absolute Gasteiger partial charge is 0.208 e. The monoisotopic (exact) mass is 772 g/mol. The molecule has 0 saturated heterocycles. The highest BCUT2D eigenvalue weighted by Gasteiger charge is 2.32. The van der Waals surface area contributed by atoms with Gasteiger partial charge >= 0.3 is 0 Å². The Bertz CT molecular complexity index is 1820. The van der Waals surface area contributed by atoms with Gasteiger partial charge in [-0.3, -0.25) is 14.4 Å². The van der Waals surface area contributed by atoms with Crippen molar-refractivity contribution in [3.05, 3.63) is 77.9 Å². The van der Waals surface area contributed by atoms with E-state index in [9.17, 15) is 19.5 Å². The van der Waals surface area contributed by atoms with Gasteiger partial charge in [0.25, 0.3) is 0 Å². The van der Waals surface area contributed by atoms with E-state index in [1.54, 1.807) is 12.3 Å². The summed E-state index contributed by atoms with van der Waals surface area (Å²) in [7, 11) is 0. The van der Waals surface area contributed by atoms with Crippen LogP contribution < -0.4 is 10.6 Å². The van der Waals surface area contributed by atoms with E-state index in [-0.39, 0.29) is 25.6 Å². The second-order valence-electron chi connectivity index (χ2n) is 13.2. The van der Waals surface area contributed by atoms with Crippen LogP contribution in [0, 0.1) is 23.7 Å². The Morgan fingerprint density at radius 3 is 1.69 bits per heavy atom. The number of rotatable bonds is 12. The third-order valence-electron chi connectivity index (χ3n) is 9.96. The molecule has 2 saturated carbocycles. The summed E-state index contributed by atoms with van der Waals surface area (Å²) in [6.07, 6.45) is 13.3. The molecule has 0 radical (unpaired) electrons. The maximum absolute atomic E-state index is 12.9. The second-order valence-corrected chi connectivity index (χ2v) is 16.5. The van der Waals surface area contributed by atoms with E-state index < -0.39 is 0 Å². The molecule has 2 aliphatic carbocycles. The van der Waals surface area contributed by atoms with Crippen molar-refractivity contribution >= 4 is 75.4 Å². The number of nitrogens with zero attached hydrogens (tertiary/aromatic N) is 4. The predicted octanol–water partition coefficient (Wildman–Crippen LogP) is 9.26. The highest BCUT2D eigenvalue weighted by atomic mass is 35.5. The minimum absolute atomic E-state index is 0. The number of aliphatic hydroxyl groups is 1. The van der Waals surface area contributed by atoms with Crippen LogP contribution in [0.15, 0.2) is 37.2 Å². The van der Waals surface area contributed by atoms with Gasteiger partial charge in [0, 0.05) is 35.6 Å². The number of halogens is 2. The number of anilines is 2. The summed E-state index contributed by atoms with van der Waals surface area (Å²) in [6.45, 7) is 8.82. The van der Waals surface area contributed by atoms with E-state index in [2.05, 4.69) is 58.3 Å². The molecule has 2 aliphatic rings. The first kappa shape index (κ1) is 40.5. The summed E-state index contributed by atoms with van der Waals surface area (Å²) >= 11 is 14.3.